The topological polar surface area (TPSA) is 51.2 Å². The van der Waals surface area contributed by atoms with E-state index >= 15 is 0 Å². The van der Waals surface area contributed by atoms with Gasteiger partial charge >= 0.3 is 0 Å². The molecule has 1 N–H and O–H groups in total. The van der Waals surface area contributed by atoms with Crippen molar-refractivity contribution >= 4 is 34.1 Å². The Kier molecular flexibility index (Phi) is 4.95. The third-order valence-electron chi connectivity index (χ3n) is 6.43. The average molecular weight is 425 g/mol. The molecule has 1 saturated heterocycles. The molecule has 1 spiro atoms. The highest BCUT2D eigenvalue weighted by Gasteiger charge is 2.50. The maximum absolute atomic E-state index is 13.8. The molecule has 30 heavy (non-hydrogen) atoms. The minimum Gasteiger partial charge on any atom is -0.362 e. The van der Waals surface area contributed by atoms with Gasteiger partial charge in [-0.3, -0.25) is 9.78 Å². The first-order valence-corrected chi connectivity index (χ1v) is 10.7. The minimum atomic E-state index is -0.409. The first kappa shape index (κ1) is 19.5. The molecular weight excluding hydrogens is 403 g/mol. The fourth-order valence-corrected chi connectivity index (χ4v) is 4.93. The van der Waals surface area contributed by atoms with E-state index in [-0.39, 0.29) is 17.3 Å². The number of anilines is 1. The van der Waals surface area contributed by atoms with E-state index in [1.165, 1.54) is 6.07 Å². The van der Waals surface area contributed by atoms with Gasteiger partial charge in [-0.05, 0) is 85.7 Å². The predicted octanol–water partition coefficient (Wildman–Crippen LogP) is 5.85. The molecule has 1 aliphatic carbocycles. The van der Waals surface area contributed by atoms with Crippen molar-refractivity contribution in [2.75, 3.05) is 5.32 Å². The van der Waals surface area contributed by atoms with Gasteiger partial charge in [-0.1, -0.05) is 11.6 Å². The summed E-state index contributed by atoms with van der Waals surface area (Å²) in [6.07, 6.45) is 5.86. The monoisotopic (exact) mass is 424 g/mol. The molecule has 0 radical (unpaired) electrons. The third kappa shape index (κ3) is 3.68. The van der Waals surface area contributed by atoms with Crippen LogP contribution >= 0.6 is 11.6 Å². The summed E-state index contributed by atoms with van der Waals surface area (Å²) in [5, 5.41) is 4.42. The van der Waals surface area contributed by atoms with E-state index in [0.29, 0.717) is 10.9 Å². The Morgan fingerprint density at radius 1 is 1.13 bits per heavy atom. The van der Waals surface area contributed by atoms with Crippen LogP contribution in [0.5, 0.6) is 0 Å². The number of ether oxygens (including phenoxy) is 1. The standard InChI is InChI=1S/C24H22ClFN2O2/c25-16-1-4-18(5-2-16)28-23(29)22-14-24(30-22)10-7-15(8-11-24)19-9-12-27-21-6-3-17(26)13-20(19)21/h1-6,9,12-13,15,22H,7-8,10-11,14H2,(H,28,29). The number of nitrogens with one attached hydrogen (secondary N) is 1. The molecule has 0 bridgehead atoms. The minimum absolute atomic E-state index is 0.110. The Hall–Kier alpha value is -2.50. The number of amides is 1. The molecule has 154 valence electrons. The van der Waals surface area contributed by atoms with Gasteiger partial charge in [0.1, 0.15) is 11.9 Å². The molecule has 1 unspecified atom stereocenters. The molecule has 2 aromatic carbocycles. The Balaban J connectivity index is 1.21. The van der Waals surface area contributed by atoms with Crippen LogP contribution < -0.4 is 5.32 Å². The highest BCUT2D eigenvalue weighted by Crippen LogP contribution is 2.49. The van der Waals surface area contributed by atoms with Crippen molar-refractivity contribution in [1.82, 2.24) is 4.98 Å². The molecule has 1 amide bonds. The molecule has 2 heterocycles. The highest BCUT2D eigenvalue weighted by atomic mass is 35.5. The van der Waals surface area contributed by atoms with E-state index in [9.17, 15) is 9.18 Å². The van der Waals surface area contributed by atoms with Gasteiger partial charge in [-0.2, -0.15) is 0 Å². The van der Waals surface area contributed by atoms with Crippen LogP contribution in [0.25, 0.3) is 10.9 Å². The highest BCUT2D eigenvalue weighted by molar-refractivity contribution is 6.30. The van der Waals surface area contributed by atoms with E-state index in [4.69, 9.17) is 16.3 Å². The van der Waals surface area contributed by atoms with Crippen molar-refractivity contribution in [2.45, 2.75) is 49.7 Å². The van der Waals surface area contributed by atoms with Crippen LogP contribution in [0.1, 0.15) is 43.6 Å². The van der Waals surface area contributed by atoms with Crippen LogP contribution in [-0.4, -0.2) is 22.6 Å². The summed E-state index contributed by atoms with van der Waals surface area (Å²) in [6.45, 7) is 0. The summed E-state index contributed by atoms with van der Waals surface area (Å²) >= 11 is 5.88. The number of pyridine rings is 1. The van der Waals surface area contributed by atoms with E-state index in [1.807, 2.05) is 6.07 Å². The van der Waals surface area contributed by atoms with Crippen LogP contribution in [0.3, 0.4) is 0 Å². The Morgan fingerprint density at radius 3 is 2.60 bits per heavy atom. The maximum Gasteiger partial charge on any atom is 0.253 e. The lowest BCUT2D eigenvalue weighted by molar-refractivity contribution is -0.216. The number of carbonyl (C=O) groups excluding carboxylic acids is 1. The molecule has 1 atom stereocenters. The number of hydrogen-bond donors (Lipinski definition) is 1. The fraction of sp³-hybridized carbons (Fsp3) is 0.333. The summed E-state index contributed by atoms with van der Waals surface area (Å²) in [5.74, 6) is 0.00930. The zero-order valence-corrected chi connectivity index (χ0v) is 17.2. The van der Waals surface area contributed by atoms with Crippen LogP contribution in [0, 0.1) is 5.82 Å². The van der Waals surface area contributed by atoms with Crippen molar-refractivity contribution in [1.29, 1.82) is 0 Å². The second-order valence-corrected chi connectivity index (χ2v) is 8.76. The Morgan fingerprint density at radius 2 is 1.87 bits per heavy atom. The predicted molar refractivity (Wildman–Crippen MR) is 115 cm³/mol. The number of fused-ring (bicyclic) bond motifs is 1. The van der Waals surface area contributed by atoms with Gasteiger partial charge in [0.25, 0.3) is 5.91 Å². The second-order valence-electron chi connectivity index (χ2n) is 8.33. The van der Waals surface area contributed by atoms with Crippen molar-refractivity contribution < 1.29 is 13.9 Å². The van der Waals surface area contributed by atoms with E-state index in [1.54, 1.807) is 42.6 Å². The largest absolute Gasteiger partial charge is 0.362 e. The van der Waals surface area contributed by atoms with Gasteiger partial charge in [0.05, 0.1) is 11.1 Å². The zero-order chi connectivity index (χ0) is 20.7. The number of aromatic nitrogens is 1. The molecule has 4 nitrogen and oxygen atoms in total. The van der Waals surface area contributed by atoms with Gasteiger partial charge in [0.15, 0.2) is 0 Å². The molecule has 1 saturated carbocycles. The fourth-order valence-electron chi connectivity index (χ4n) is 4.80. The number of rotatable bonds is 3. The number of halogens is 2. The van der Waals surface area contributed by atoms with Crippen LogP contribution in [0.15, 0.2) is 54.7 Å². The SMILES string of the molecule is O=C(Nc1ccc(Cl)cc1)C1CC2(CCC(c3ccnc4ccc(F)cc34)CC2)O1. The molecule has 3 aromatic rings. The van der Waals surface area contributed by atoms with Gasteiger partial charge in [0.2, 0.25) is 0 Å². The van der Waals surface area contributed by atoms with Crippen molar-refractivity contribution in [2.24, 2.45) is 0 Å². The average Bonchev–Trinajstić information content (AvgIpc) is 2.73. The van der Waals surface area contributed by atoms with Gasteiger partial charge in [-0.25, -0.2) is 4.39 Å². The molecule has 5 rings (SSSR count). The Labute approximate surface area is 179 Å². The third-order valence-corrected chi connectivity index (χ3v) is 6.68. The van der Waals surface area contributed by atoms with Crippen LogP contribution in [0.2, 0.25) is 5.02 Å². The summed E-state index contributed by atoms with van der Waals surface area (Å²) in [5.41, 5.74) is 2.50. The second kappa shape index (κ2) is 7.64. The first-order chi connectivity index (χ1) is 14.5. The Bertz CT molecular complexity index is 1090. The van der Waals surface area contributed by atoms with Gasteiger partial charge in [-0.15, -0.1) is 0 Å². The lowest BCUT2D eigenvalue weighted by Crippen LogP contribution is -2.56. The van der Waals surface area contributed by atoms with Crippen LogP contribution in [0.4, 0.5) is 10.1 Å². The van der Waals surface area contributed by atoms with Gasteiger partial charge < -0.3 is 10.1 Å². The van der Waals surface area contributed by atoms with Crippen molar-refractivity contribution in [3.63, 3.8) is 0 Å². The van der Waals surface area contributed by atoms with E-state index in [2.05, 4.69) is 10.3 Å². The summed E-state index contributed by atoms with van der Waals surface area (Å²) in [7, 11) is 0. The summed E-state index contributed by atoms with van der Waals surface area (Å²) in [4.78, 5) is 16.8. The normalized spacial score (nSPS) is 25.8. The lowest BCUT2D eigenvalue weighted by atomic mass is 9.70. The zero-order valence-electron chi connectivity index (χ0n) is 16.4. The number of carbonyl (C=O) groups is 1. The number of benzene rings is 2. The van der Waals surface area contributed by atoms with Crippen molar-refractivity contribution in [3.05, 3.63) is 71.1 Å². The summed E-state index contributed by atoms with van der Waals surface area (Å²) in [6, 6.07) is 13.8. The molecule has 6 heteroatoms. The molecule has 2 aliphatic rings. The first-order valence-electron chi connectivity index (χ1n) is 10.3. The van der Waals surface area contributed by atoms with Gasteiger partial charge in [0, 0.05) is 28.7 Å². The molecular formula is C24H22ClFN2O2. The summed E-state index contributed by atoms with van der Waals surface area (Å²) < 4.78 is 19.9. The maximum atomic E-state index is 13.8. The van der Waals surface area contributed by atoms with E-state index < -0.39 is 6.10 Å². The number of hydrogen-bond acceptors (Lipinski definition) is 3. The molecule has 2 fully saturated rings. The van der Waals surface area contributed by atoms with Crippen LogP contribution in [-0.2, 0) is 9.53 Å². The quantitative estimate of drug-likeness (QED) is 0.573. The molecule has 1 aromatic heterocycles. The van der Waals surface area contributed by atoms with E-state index in [0.717, 1.165) is 54.3 Å². The number of nitrogens with zero attached hydrogens (tertiary/aromatic N) is 1. The lowest BCUT2D eigenvalue weighted by Gasteiger charge is -2.50. The smallest absolute Gasteiger partial charge is 0.253 e. The molecule has 1 aliphatic heterocycles. The van der Waals surface area contributed by atoms with Crippen molar-refractivity contribution in [3.8, 4) is 0 Å².